The number of ether oxygens (including phenoxy) is 1. The number of Topliss-reactive ketones (excluding diaryl/α,β-unsaturated/α-hetero) is 1. The summed E-state index contributed by atoms with van der Waals surface area (Å²) in [5, 5.41) is -0.557. The van der Waals surface area contributed by atoms with E-state index in [9.17, 15) is 13.8 Å². The van der Waals surface area contributed by atoms with Gasteiger partial charge in [0.1, 0.15) is 22.8 Å². The average Bonchev–Trinajstić information content (AvgIpc) is 3.23. The van der Waals surface area contributed by atoms with Crippen LogP contribution in [0, 0.1) is 12.7 Å². The number of aromatic nitrogens is 2. The molecule has 10 heteroatoms. The number of aliphatic imine (C=N–C) groups is 1. The molecule has 3 atom stereocenters. The zero-order valence-electron chi connectivity index (χ0n) is 23.0. The molecule has 38 heavy (non-hydrogen) atoms. The molecule has 0 aliphatic carbocycles. The van der Waals surface area contributed by atoms with Crippen LogP contribution in [0.2, 0.25) is 0 Å². The van der Waals surface area contributed by atoms with E-state index in [4.69, 9.17) is 9.73 Å². The number of esters is 1. The van der Waals surface area contributed by atoms with E-state index in [1.165, 1.54) is 18.5 Å². The Hall–Kier alpha value is -3.01. The van der Waals surface area contributed by atoms with Gasteiger partial charge in [0.15, 0.2) is 5.78 Å². The first-order valence-corrected chi connectivity index (χ1v) is 14.3. The number of hydrogen-bond donors (Lipinski definition) is 0. The third-order valence-electron chi connectivity index (χ3n) is 7.26. The lowest BCUT2D eigenvalue weighted by atomic mass is 9.84. The Balaban J connectivity index is 1.78. The minimum absolute atomic E-state index is 0.0141. The van der Waals surface area contributed by atoms with Crippen molar-refractivity contribution in [2.75, 3.05) is 6.54 Å². The lowest BCUT2D eigenvalue weighted by molar-refractivity contribution is -0.153. The molecule has 0 saturated heterocycles. The van der Waals surface area contributed by atoms with Crippen LogP contribution in [0.3, 0.4) is 0 Å². The maximum absolute atomic E-state index is 15.5. The van der Waals surface area contributed by atoms with E-state index < -0.39 is 42.7 Å². The molecule has 0 fully saturated rings. The van der Waals surface area contributed by atoms with Gasteiger partial charge in [-0.25, -0.2) is 22.9 Å². The second-order valence-corrected chi connectivity index (χ2v) is 14.6. The number of nitrogens with zero attached hydrogens (tertiary/aromatic N) is 4. The van der Waals surface area contributed by atoms with Gasteiger partial charge >= 0.3 is 5.97 Å². The van der Waals surface area contributed by atoms with E-state index in [1.807, 2.05) is 0 Å². The summed E-state index contributed by atoms with van der Waals surface area (Å²) in [5.41, 5.74) is -0.392. The summed E-state index contributed by atoms with van der Waals surface area (Å²) in [7, 11) is -2.93. The fourth-order valence-electron chi connectivity index (χ4n) is 5.21. The SMILES string of the molecule is Cc1ncc(C(=O)Cc2ccc(F)c([C@@]3(C)N=C(CC(=O)OC(C)(C)C)C(C)(C)[S@@]4(=O)=NCC[C@@H]34)c2)cn1. The highest BCUT2D eigenvalue weighted by Gasteiger charge is 2.57. The minimum atomic E-state index is -2.93. The van der Waals surface area contributed by atoms with Crippen LogP contribution in [0.25, 0.3) is 0 Å². The number of benzene rings is 1. The quantitative estimate of drug-likeness (QED) is 0.384. The second-order valence-electron chi connectivity index (χ2n) is 11.6. The fourth-order valence-corrected chi connectivity index (χ4v) is 8.49. The fraction of sp³-hybridized carbons (Fsp3) is 0.536. The van der Waals surface area contributed by atoms with Gasteiger partial charge in [-0.15, -0.1) is 0 Å². The summed E-state index contributed by atoms with van der Waals surface area (Å²) in [6.45, 7) is 12.7. The summed E-state index contributed by atoms with van der Waals surface area (Å²) < 4.78 is 39.1. The van der Waals surface area contributed by atoms with Crippen molar-refractivity contribution in [2.24, 2.45) is 9.36 Å². The predicted molar refractivity (Wildman–Crippen MR) is 144 cm³/mol. The molecular formula is C28H35FN4O4S. The van der Waals surface area contributed by atoms with E-state index in [-0.39, 0.29) is 24.2 Å². The molecule has 0 radical (unpaired) electrons. The van der Waals surface area contributed by atoms with E-state index in [0.29, 0.717) is 35.6 Å². The maximum atomic E-state index is 15.5. The van der Waals surface area contributed by atoms with Crippen LogP contribution in [-0.4, -0.2) is 53.8 Å². The van der Waals surface area contributed by atoms with Gasteiger partial charge in [-0.1, -0.05) is 6.07 Å². The van der Waals surface area contributed by atoms with Gasteiger partial charge in [0.25, 0.3) is 0 Å². The molecule has 0 spiro atoms. The number of carbonyl (C=O) groups is 2. The molecule has 0 bridgehead atoms. The normalized spacial score (nSPS) is 26.2. The lowest BCUT2D eigenvalue weighted by Crippen LogP contribution is -2.56. The number of ketones is 1. The Morgan fingerprint density at radius 1 is 1.13 bits per heavy atom. The molecule has 3 heterocycles. The zero-order valence-corrected chi connectivity index (χ0v) is 23.8. The summed E-state index contributed by atoms with van der Waals surface area (Å²) in [5.74, 6) is -0.655. The van der Waals surface area contributed by atoms with Gasteiger partial charge in [0.2, 0.25) is 0 Å². The van der Waals surface area contributed by atoms with Crippen molar-refractivity contribution in [3.63, 3.8) is 0 Å². The summed E-state index contributed by atoms with van der Waals surface area (Å²) in [6.07, 6.45) is 3.27. The molecule has 1 aromatic heterocycles. The Labute approximate surface area is 223 Å². The molecule has 0 saturated carbocycles. The molecule has 2 aliphatic heterocycles. The maximum Gasteiger partial charge on any atom is 0.312 e. The molecule has 0 unspecified atom stereocenters. The van der Waals surface area contributed by atoms with Crippen LogP contribution in [0.1, 0.15) is 81.7 Å². The largest absolute Gasteiger partial charge is 0.460 e. The Bertz CT molecular complexity index is 1440. The van der Waals surface area contributed by atoms with Crippen molar-refractivity contribution in [2.45, 2.75) is 88.9 Å². The monoisotopic (exact) mass is 542 g/mol. The Morgan fingerprint density at radius 3 is 2.42 bits per heavy atom. The van der Waals surface area contributed by atoms with Crippen LogP contribution in [-0.2, 0) is 31.2 Å². The minimum Gasteiger partial charge on any atom is -0.460 e. The van der Waals surface area contributed by atoms with Crippen molar-refractivity contribution in [3.05, 3.63) is 58.9 Å². The van der Waals surface area contributed by atoms with Crippen LogP contribution >= 0.6 is 0 Å². The van der Waals surface area contributed by atoms with E-state index in [0.717, 1.165) is 0 Å². The van der Waals surface area contributed by atoms with Crippen molar-refractivity contribution >= 4 is 27.2 Å². The smallest absolute Gasteiger partial charge is 0.312 e. The molecule has 2 aromatic rings. The molecule has 0 N–H and O–H groups in total. The second kappa shape index (κ2) is 9.63. The van der Waals surface area contributed by atoms with Crippen molar-refractivity contribution in [3.8, 4) is 0 Å². The van der Waals surface area contributed by atoms with Crippen molar-refractivity contribution in [1.82, 2.24) is 9.97 Å². The number of hydrogen-bond acceptors (Lipinski definition) is 8. The van der Waals surface area contributed by atoms with E-state index in [2.05, 4.69) is 14.3 Å². The highest BCUT2D eigenvalue weighted by molar-refractivity contribution is 7.96. The van der Waals surface area contributed by atoms with Gasteiger partial charge < -0.3 is 4.74 Å². The zero-order chi connectivity index (χ0) is 28.1. The van der Waals surface area contributed by atoms with Gasteiger partial charge in [0.05, 0.1) is 31.7 Å². The molecular weight excluding hydrogens is 507 g/mol. The standard InChI is InChI=1S/C28H35FN4O4S/c1-17-30-15-19(16-31-17)22(34)13-18-8-9-21(29)20(12-18)28(7)24-10-11-32-38(24,36)27(5,6)23(33-28)14-25(35)37-26(2,3)4/h8-9,12,15-16,24H,10-11,13-14H2,1-7H3/t24-,28+,38+/m0/s1. The third-order valence-corrected chi connectivity index (χ3v) is 11.0. The molecule has 1 aromatic carbocycles. The van der Waals surface area contributed by atoms with Crippen molar-refractivity contribution < 1.29 is 22.9 Å². The van der Waals surface area contributed by atoms with E-state index >= 15 is 4.39 Å². The van der Waals surface area contributed by atoms with E-state index in [1.54, 1.807) is 60.6 Å². The van der Waals surface area contributed by atoms with Crippen LogP contribution in [0.15, 0.2) is 39.9 Å². The highest BCUT2D eigenvalue weighted by Crippen LogP contribution is 2.49. The number of carbonyl (C=O) groups excluding carboxylic acids is 2. The topological polar surface area (TPSA) is 111 Å². The number of rotatable bonds is 6. The van der Waals surface area contributed by atoms with Gasteiger partial charge in [-0.2, -0.15) is 0 Å². The van der Waals surface area contributed by atoms with Crippen LogP contribution < -0.4 is 0 Å². The van der Waals surface area contributed by atoms with Crippen LogP contribution in [0.4, 0.5) is 4.39 Å². The van der Waals surface area contributed by atoms with Gasteiger partial charge in [0, 0.05) is 36.6 Å². The molecule has 2 aliphatic rings. The number of aryl methyl sites for hydroxylation is 1. The Kier molecular flexibility index (Phi) is 7.10. The first-order chi connectivity index (χ1) is 17.6. The average molecular weight is 543 g/mol. The predicted octanol–water partition coefficient (Wildman–Crippen LogP) is 4.77. The van der Waals surface area contributed by atoms with Crippen LogP contribution in [0.5, 0.6) is 0 Å². The molecule has 4 rings (SSSR count). The molecule has 8 nitrogen and oxygen atoms in total. The van der Waals surface area contributed by atoms with Gasteiger partial charge in [-0.3, -0.25) is 14.6 Å². The first-order valence-electron chi connectivity index (χ1n) is 12.7. The third kappa shape index (κ3) is 5.02. The molecule has 204 valence electrons. The highest BCUT2D eigenvalue weighted by atomic mass is 32.2. The molecule has 0 amide bonds. The van der Waals surface area contributed by atoms with Crippen molar-refractivity contribution in [1.29, 1.82) is 0 Å². The number of fused-ring (bicyclic) bond motifs is 1. The summed E-state index contributed by atoms with van der Waals surface area (Å²) in [6, 6.07) is 4.49. The van der Waals surface area contributed by atoms with Gasteiger partial charge in [-0.05, 0) is 72.6 Å². The number of halogens is 1. The summed E-state index contributed by atoms with van der Waals surface area (Å²) >= 11 is 0. The Morgan fingerprint density at radius 2 is 1.79 bits per heavy atom. The lowest BCUT2D eigenvalue weighted by Gasteiger charge is -2.46. The summed E-state index contributed by atoms with van der Waals surface area (Å²) in [4.78, 5) is 38.8. The first kappa shape index (κ1) is 28.0.